The van der Waals surface area contributed by atoms with Gasteiger partial charge in [0.2, 0.25) is 5.91 Å². The van der Waals surface area contributed by atoms with Crippen molar-refractivity contribution in [3.05, 3.63) is 35.9 Å². The first-order chi connectivity index (χ1) is 8.75. The number of benzene rings is 1. The van der Waals surface area contributed by atoms with E-state index in [1.807, 2.05) is 23.1 Å². The number of amides is 1. The molecule has 2 fully saturated rings. The van der Waals surface area contributed by atoms with Crippen LogP contribution in [0.15, 0.2) is 30.3 Å². The zero-order chi connectivity index (χ0) is 12.5. The monoisotopic (exact) mass is 245 g/mol. The van der Waals surface area contributed by atoms with E-state index in [0.717, 1.165) is 25.7 Å². The highest BCUT2D eigenvalue weighted by atomic mass is 16.3. The van der Waals surface area contributed by atoms with Crippen molar-refractivity contribution < 1.29 is 9.90 Å². The molecule has 1 heterocycles. The number of carbonyl (C=O) groups is 1. The summed E-state index contributed by atoms with van der Waals surface area (Å²) >= 11 is 0. The molecule has 0 aromatic heterocycles. The lowest BCUT2D eigenvalue weighted by Gasteiger charge is -2.26. The molecule has 0 bridgehead atoms. The first-order valence-corrected chi connectivity index (χ1v) is 6.78. The summed E-state index contributed by atoms with van der Waals surface area (Å²) in [6.07, 6.45) is 3.18. The fraction of sp³-hybridized carbons (Fsp3) is 0.533. The van der Waals surface area contributed by atoms with Crippen LogP contribution in [0.5, 0.6) is 0 Å². The smallest absolute Gasteiger partial charge is 0.226 e. The molecule has 0 unspecified atom stereocenters. The second-order valence-corrected chi connectivity index (χ2v) is 5.42. The highest BCUT2D eigenvalue weighted by molar-refractivity contribution is 5.81. The molecule has 1 aromatic carbocycles. The van der Waals surface area contributed by atoms with E-state index in [1.54, 1.807) is 0 Å². The maximum atomic E-state index is 12.2. The van der Waals surface area contributed by atoms with Gasteiger partial charge in [0.05, 0.1) is 12.1 Å². The first-order valence-electron chi connectivity index (χ1n) is 6.78. The van der Waals surface area contributed by atoms with Gasteiger partial charge in [-0.1, -0.05) is 30.3 Å². The maximum Gasteiger partial charge on any atom is 0.226 e. The Balaban J connectivity index is 1.73. The minimum Gasteiger partial charge on any atom is -0.391 e. The molecule has 1 N–H and O–H groups in total. The number of likely N-dealkylation sites (tertiary alicyclic amines) is 1. The van der Waals surface area contributed by atoms with Gasteiger partial charge in [0, 0.05) is 12.5 Å². The molecule has 0 spiro atoms. The van der Waals surface area contributed by atoms with E-state index in [-0.39, 0.29) is 24.0 Å². The Morgan fingerprint density at radius 1 is 1.22 bits per heavy atom. The molecule has 18 heavy (non-hydrogen) atoms. The van der Waals surface area contributed by atoms with Gasteiger partial charge < -0.3 is 10.0 Å². The number of nitrogens with zero attached hydrogens (tertiary/aromatic N) is 1. The van der Waals surface area contributed by atoms with Crippen molar-refractivity contribution in [3.8, 4) is 0 Å². The molecule has 1 amide bonds. The molecule has 2 atom stereocenters. The van der Waals surface area contributed by atoms with Crippen molar-refractivity contribution in [3.63, 3.8) is 0 Å². The van der Waals surface area contributed by atoms with Crippen LogP contribution in [0.1, 0.15) is 24.8 Å². The van der Waals surface area contributed by atoms with Crippen molar-refractivity contribution in [1.29, 1.82) is 0 Å². The number of carbonyl (C=O) groups excluding carboxylic acids is 1. The number of aliphatic hydroxyl groups is 1. The fourth-order valence-electron chi connectivity index (χ4n) is 2.78. The summed E-state index contributed by atoms with van der Waals surface area (Å²) in [6, 6.07) is 10.1. The molecule has 0 radical (unpaired) electrons. The van der Waals surface area contributed by atoms with Gasteiger partial charge in [-0.05, 0) is 31.2 Å². The van der Waals surface area contributed by atoms with Crippen molar-refractivity contribution in [2.75, 3.05) is 6.54 Å². The van der Waals surface area contributed by atoms with Gasteiger partial charge in [0.25, 0.3) is 0 Å². The third-order valence-electron chi connectivity index (χ3n) is 4.01. The Kier molecular flexibility index (Phi) is 3.08. The molecule has 1 aromatic rings. The highest BCUT2D eigenvalue weighted by Gasteiger charge is 2.41. The van der Waals surface area contributed by atoms with Crippen LogP contribution in [0, 0.1) is 5.92 Å². The summed E-state index contributed by atoms with van der Waals surface area (Å²) < 4.78 is 0. The molecule has 3 nitrogen and oxygen atoms in total. The maximum absolute atomic E-state index is 12.2. The fourth-order valence-corrected chi connectivity index (χ4v) is 2.78. The number of rotatable bonds is 3. The van der Waals surface area contributed by atoms with Gasteiger partial charge in [-0.2, -0.15) is 0 Å². The Morgan fingerprint density at radius 3 is 2.61 bits per heavy atom. The van der Waals surface area contributed by atoms with Crippen LogP contribution in [-0.4, -0.2) is 34.6 Å². The van der Waals surface area contributed by atoms with Crippen molar-refractivity contribution in [2.45, 2.75) is 37.8 Å². The third-order valence-corrected chi connectivity index (χ3v) is 4.01. The van der Waals surface area contributed by atoms with Gasteiger partial charge in [-0.15, -0.1) is 0 Å². The number of aliphatic hydroxyl groups excluding tert-OH is 1. The van der Waals surface area contributed by atoms with Gasteiger partial charge in [0.1, 0.15) is 0 Å². The SMILES string of the molecule is O=C(C1CC1)N1CC[C@H](O)[C@@H]1Cc1ccccc1. The van der Waals surface area contributed by atoms with Crippen molar-refractivity contribution in [1.82, 2.24) is 4.90 Å². The van der Waals surface area contributed by atoms with Crippen LogP contribution in [0.2, 0.25) is 0 Å². The summed E-state index contributed by atoms with van der Waals surface area (Å²) in [6.45, 7) is 0.716. The van der Waals surface area contributed by atoms with Crippen LogP contribution in [-0.2, 0) is 11.2 Å². The highest BCUT2D eigenvalue weighted by Crippen LogP contribution is 2.34. The minimum atomic E-state index is -0.368. The molecule has 1 aliphatic heterocycles. The Hall–Kier alpha value is -1.35. The van der Waals surface area contributed by atoms with Crippen LogP contribution in [0.3, 0.4) is 0 Å². The zero-order valence-corrected chi connectivity index (χ0v) is 10.5. The summed E-state index contributed by atoms with van der Waals surface area (Å²) in [4.78, 5) is 14.1. The van der Waals surface area contributed by atoms with E-state index in [1.165, 1.54) is 5.56 Å². The largest absolute Gasteiger partial charge is 0.391 e. The summed E-state index contributed by atoms with van der Waals surface area (Å²) in [5.41, 5.74) is 1.19. The van der Waals surface area contributed by atoms with Crippen molar-refractivity contribution >= 4 is 5.91 Å². The predicted molar refractivity (Wildman–Crippen MR) is 69.0 cm³/mol. The lowest BCUT2D eigenvalue weighted by Crippen LogP contribution is -2.41. The summed E-state index contributed by atoms with van der Waals surface area (Å²) in [5, 5.41) is 10.1. The minimum absolute atomic E-state index is 0.0273. The van der Waals surface area contributed by atoms with Gasteiger partial charge >= 0.3 is 0 Å². The lowest BCUT2D eigenvalue weighted by atomic mass is 10.0. The van der Waals surface area contributed by atoms with E-state index in [4.69, 9.17) is 0 Å². The molecule has 1 saturated carbocycles. The number of hydrogen-bond donors (Lipinski definition) is 1. The molecule has 1 aliphatic carbocycles. The standard InChI is InChI=1S/C15H19NO2/c17-14-8-9-16(15(18)12-6-7-12)13(14)10-11-4-2-1-3-5-11/h1-5,12-14,17H,6-10H2/t13-,14-/m0/s1. The third kappa shape index (κ3) is 2.27. The quantitative estimate of drug-likeness (QED) is 0.878. The number of hydrogen-bond acceptors (Lipinski definition) is 2. The second-order valence-electron chi connectivity index (χ2n) is 5.42. The first kappa shape index (κ1) is 11.7. The lowest BCUT2D eigenvalue weighted by molar-refractivity contribution is -0.134. The Morgan fingerprint density at radius 2 is 1.94 bits per heavy atom. The van der Waals surface area contributed by atoms with Gasteiger partial charge in [-0.3, -0.25) is 4.79 Å². The molecule has 2 aliphatic rings. The van der Waals surface area contributed by atoms with Crippen LogP contribution in [0.4, 0.5) is 0 Å². The molecule has 1 saturated heterocycles. The van der Waals surface area contributed by atoms with E-state index < -0.39 is 0 Å². The van der Waals surface area contributed by atoms with E-state index >= 15 is 0 Å². The van der Waals surface area contributed by atoms with Crippen molar-refractivity contribution in [2.24, 2.45) is 5.92 Å². The van der Waals surface area contributed by atoms with Gasteiger partial charge in [0.15, 0.2) is 0 Å². The molecular formula is C15H19NO2. The molecule has 3 rings (SSSR count). The van der Waals surface area contributed by atoms with Crippen LogP contribution in [0.25, 0.3) is 0 Å². The molecule has 3 heteroatoms. The van der Waals surface area contributed by atoms with Crippen LogP contribution >= 0.6 is 0 Å². The Labute approximate surface area is 107 Å². The van der Waals surface area contributed by atoms with E-state index in [9.17, 15) is 9.90 Å². The normalized spacial score (nSPS) is 27.5. The predicted octanol–water partition coefficient (Wildman–Crippen LogP) is 1.60. The van der Waals surface area contributed by atoms with E-state index in [0.29, 0.717) is 6.54 Å². The van der Waals surface area contributed by atoms with Crippen LogP contribution < -0.4 is 0 Å². The summed E-state index contributed by atoms with van der Waals surface area (Å²) in [5.74, 6) is 0.501. The zero-order valence-electron chi connectivity index (χ0n) is 10.5. The second kappa shape index (κ2) is 4.73. The summed E-state index contributed by atoms with van der Waals surface area (Å²) in [7, 11) is 0. The topological polar surface area (TPSA) is 40.5 Å². The molecule has 96 valence electrons. The Bertz CT molecular complexity index is 427. The molecular weight excluding hydrogens is 226 g/mol. The van der Waals surface area contributed by atoms with Gasteiger partial charge in [-0.25, -0.2) is 0 Å². The average Bonchev–Trinajstić information content (AvgIpc) is 3.17. The average molecular weight is 245 g/mol. The van der Waals surface area contributed by atoms with E-state index in [2.05, 4.69) is 12.1 Å².